The Morgan fingerprint density at radius 1 is 1.33 bits per heavy atom. The van der Waals surface area contributed by atoms with Gasteiger partial charge in [-0.1, -0.05) is 18.2 Å². The zero-order valence-corrected chi connectivity index (χ0v) is 13.4. The Morgan fingerprint density at radius 3 is 3.00 bits per heavy atom. The number of rotatable bonds is 5. The van der Waals surface area contributed by atoms with Gasteiger partial charge in [0.1, 0.15) is 12.1 Å². The van der Waals surface area contributed by atoms with Crippen molar-refractivity contribution in [1.29, 1.82) is 0 Å². The van der Waals surface area contributed by atoms with E-state index in [0.717, 1.165) is 18.5 Å². The van der Waals surface area contributed by atoms with Gasteiger partial charge in [0.2, 0.25) is 5.91 Å². The molecular weight excluding hydrogens is 309 g/mol. The molecular formula is C18H20FN3O2. The van der Waals surface area contributed by atoms with Gasteiger partial charge in [0.05, 0.1) is 19.1 Å². The highest BCUT2D eigenvalue weighted by Gasteiger charge is 2.24. The summed E-state index contributed by atoms with van der Waals surface area (Å²) >= 11 is 0. The van der Waals surface area contributed by atoms with Crippen LogP contribution >= 0.6 is 0 Å². The summed E-state index contributed by atoms with van der Waals surface area (Å²) in [4.78, 5) is 22.3. The summed E-state index contributed by atoms with van der Waals surface area (Å²) in [5, 5.41) is 0. The van der Waals surface area contributed by atoms with Gasteiger partial charge in [-0.05, 0) is 30.5 Å². The molecule has 1 aromatic carbocycles. The van der Waals surface area contributed by atoms with E-state index in [2.05, 4.69) is 9.97 Å². The largest absolute Gasteiger partial charge is 0.375 e. The summed E-state index contributed by atoms with van der Waals surface area (Å²) in [6, 6.07) is 8.29. The van der Waals surface area contributed by atoms with Crippen LogP contribution in [-0.2, 0) is 22.4 Å². The van der Waals surface area contributed by atoms with Crippen LogP contribution in [0.1, 0.15) is 17.7 Å². The molecule has 0 N–H and O–H groups in total. The second-order valence-corrected chi connectivity index (χ2v) is 5.84. The van der Waals surface area contributed by atoms with Gasteiger partial charge in [-0.25, -0.2) is 14.4 Å². The Hall–Kier alpha value is -2.34. The third kappa shape index (κ3) is 4.35. The van der Waals surface area contributed by atoms with Crippen molar-refractivity contribution in [1.82, 2.24) is 14.9 Å². The minimum atomic E-state index is -0.334. The molecule has 3 rings (SSSR count). The van der Waals surface area contributed by atoms with E-state index < -0.39 is 0 Å². The van der Waals surface area contributed by atoms with Crippen LogP contribution in [0.4, 0.5) is 4.39 Å². The first-order valence-electron chi connectivity index (χ1n) is 8.10. The minimum absolute atomic E-state index is 0.0155. The number of ether oxygens (including phenoxy) is 1. The number of hydrogen-bond acceptors (Lipinski definition) is 4. The molecule has 0 bridgehead atoms. The average molecular weight is 329 g/mol. The molecule has 5 nitrogen and oxygen atoms in total. The number of aromatic nitrogens is 2. The van der Waals surface area contributed by atoms with Crippen molar-refractivity contribution in [2.45, 2.75) is 25.4 Å². The third-order valence-corrected chi connectivity index (χ3v) is 4.16. The highest BCUT2D eigenvalue weighted by atomic mass is 19.1. The Balaban J connectivity index is 1.53. The van der Waals surface area contributed by atoms with Crippen molar-refractivity contribution in [3.63, 3.8) is 0 Å². The quantitative estimate of drug-likeness (QED) is 0.842. The Kier molecular flexibility index (Phi) is 5.48. The normalized spacial score (nSPS) is 17.7. The summed E-state index contributed by atoms with van der Waals surface area (Å²) in [5.41, 5.74) is 1.40. The van der Waals surface area contributed by atoms with Crippen LogP contribution in [0.15, 0.2) is 42.9 Å². The first kappa shape index (κ1) is 16.5. The highest BCUT2D eigenvalue weighted by Crippen LogP contribution is 2.14. The van der Waals surface area contributed by atoms with Gasteiger partial charge in [-0.3, -0.25) is 4.79 Å². The number of carbonyl (C=O) groups is 1. The van der Waals surface area contributed by atoms with E-state index in [1.807, 2.05) is 6.07 Å². The Labute approximate surface area is 140 Å². The van der Waals surface area contributed by atoms with Crippen molar-refractivity contribution in [2.75, 3.05) is 19.7 Å². The number of nitrogens with zero attached hydrogens (tertiary/aromatic N) is 3. The van der Waals surface area contributed by atoms with Crippen LogP contribution in [0.25, 0.3) is 0 Å². The lowest BCUT2D eigenvalue weighted by molar-refractivity contribution is -0.138. The number of halogens is 1. The second-order valence-electron chi connectivity index (χ2n) is 5.84. The molecule has 24 heavy (non-hydrogen) atoms. The number of benzene rings is 1. The first-order chi connectivity index (χ1) is 11.7. The predicted molar refractivity (Wildman–Crippen MR) is 86.8 cm³/mol. The van der Waals surface area contributed by atoms with Gasteiger partial charge in [-0.15, -0.1) is 0 Å². The van der Waals surface area contributed by atoms with Crippen LogP contribution in [0.5, 0.6) is 0 Å². The number of morpholine rings is 1. The topological polar surface area (TPSA) is 55.3 Å². The fourth-order valence-electron chi connectivity index (χ4n) is 2.81. The zero-order chi connectivity index (χ0) is 16.8. The SMILES string of the molecule is O=C(Cc1ccccc1F)N1CCO[C@H](CCc2ccncn2)C1. The molecule has 0 unspecified atom stereocenters. The number of aryl methyl sites for hydroxylation is 1. The molecule has 1 aliphatic rings. The van der Waals surface area contributed by atoms with Crippen LogP contribution < -0.4 is 0 Å². The van der Waals surface area contributed by atoms with Crippen molar-refractivity contribution < 1.29 is 13.9 Å². The van der Waals surface area contributed by atoms with Gasteiger partial charge >= 0.3 is 0 Å². The standard InChI is InChI=1S/C18H20FN3O2/c19-17-4-2-1-3-14(17)11-18(23)22-9-10-24-16(12-22)6-5-15-7-8-20-13-21-15/h1-4,7-8,13,16H,5-6,9-12H2/t16-/m1/s1. The van der Waals surface area contributed by atoms with E-state index in [0.29, 0.717) is 25.3 Å². The maximum absolute atomic E-state index is 13.7. The molecule has 0 radical (unpaired) electrons. The Morgan fingerprint density at radius 2 is 2.21 bits per heavy atom. The molecule has 0 spiro atoms. The molecule has 1 aromatic heterocycles. The lowest BCUT2D eigenvalue weighted by Crippen LogP contribution is -2.46. The lowest BCUT2D eigenvalue weighted by atomic mass is 10.1. The second kappa shape index (κ2) is 7.97. The lowest BCUT2D eigenvalue weighted by Gasteiger charge is -2.33. The minimum Gasteiger partial charge on any atom is -0.375 e. The van der Waals surface area contributed by atoms with E-state index in [1.165, 1.54) is 12.4 Å². The number of carbonyl (C=O) groups excluding carboxylic acids is 1. The fourth-order valence-corrected chi connectivity index (χ4v) is 2.81. The van der Waals surface area contributed by atoms with Gasteiger partial charge in [0.15, 0.2) is 0 Å². The van der Waals surface area contributed by atoms with E-state index in [-0.39, 0.29) is 24.2 Å². The van der Waals surface area contributed by atoms with E-state index in [9.17, 15) is 9.18 Å². The van der Waals surface area contributed by atoms with Gasteiger partial charge in [-0.2, -0.15) is 0 Å². The highest BCUT2D eigenvalue weighted by molar-refractivity contribution is 5.79. The van der Waals surface area contributed by atoms with E-state index in [4.69, 9.17) is 4.74 Å². The molecule has 1 saturated heterocycles. The predicted octanol–water partition coefficient (Wildman–Crippen LogP) is 2.02. The van der Waals surface area contributed by atoms with Crippen molar-refractivity contribution in [3.8, 4) is 0 Å². The molecule has 2 aromatic rings. The zero-order valence-electron chi connectivity index (χ0n) is 13.4. The molecule has 0 saturated carbocycles. The van der Waals surface area contributed by atoms with Crippen LogP contribution in [0, 0.1) is 5.82 Å². The average Bonchev–Trinajstić information content (AvgIpc) is 2.63. The van der Waals surface area contributed by atoms with E-state index in [1.54, 1.807) is 29.3 Å². The summed E-state index contributed by atoms with van der Waals surface area (Å²) in [5.74, 6) is -0.394. The monoisotopic (exact) mass is 329 g/mol. The van der Waals surface area contributed by atoms with E-state index >= 15 is 0 Å². The number of amides is 1. The van der Waals surface area contributed by atoms with Gasteiger partial charge in [0, 0.05) is 25.0 Å². The smallest absolute Gasteiger partial charge is 0.227 e. The van der Waals surface area contributed by atoms with Crippen molar-refractivity contribution in [2.24, 2.45) is 0 Å². The summed E-state index contributed by atoms with van der Waals surface area (Å²) in [6.07, 6.45) is 4.89. The van der Waals surface area contributed by atoms with Crippen molar-refractivity contribution >= 4 is 5.91 Å². The summed E-state index contributed by atoms with van der Waals surface area (Å²) in [6.45, 7) is 1.60. The molecule has 2 heterocycles. The van der Waals surface area contributed by atoms with Crippen LogP contribution in [-0.4, -0.2) is 46.6 Å². The van der Waals surface area contributed by atoms with Crippen LogP contribution in [0.3, 0.4) is 0 Å². The van der Waals surface area contributed by atoms with Crippen molar-refractivity contribution in [3.05, 3.63) is 59.9 Å². The van der Waals surface area contributed by atoms with Gasteiger partial charge in [0.25, 0.3) is 0 Å². The van der Waals surface area contributed by atoms with Crippen LogP contribution in [0.2, 0.25) is 0 Å². The third-order valence-electron chi connectivity index (χ3n) is 4.16. The molecule has 126 valence electrons. The summed E-state index contributed by atoms with van der Waals surface area (Å²) < 4.78 is 19.4. The molecule has 1 fully saturated rings. The van der Waals surface area contributed by atoms with Gasteiger partial charge < -0.3 is 9.64 Å². The molecule has 1 amide bonds. The fraction of sp³-hybridized carbons (Fsp3) is 0.389. The Bertz CT molecular complexity index is 681. The molecule has 1 atom stereocenters. The molecule has 6 heteroatoms. The molecule has 1 aliphatic heterocycles. The molecule has 0 aliphatic carbocycles. The first-order valence-corrected chi connectivity index (χ1v) is 8.10. The number of hydrogen-bond donors (Lipinski definition) is 0. The maximum atomic E-state index is 13.7. The maximum Gasteiger partial charge on any atom is 0.227 e. The summed E-state index contributed by atoms with van der Waals surface area (Å²) in [7, 11) is 0.